The van der Waals surface area contributed by atoms with Crippen LogP contribution in [-0.4, -0.2) is 25.7 Å². The van der Waals surface area contributed by atoms with E-state index in [1.54, 1.807) is 0 Å². The molecule has 3 heteroatoms. The largest absolute Gasteiger partial charge is 0.377 e. The minimum atomic E-state index is -0.485. The van der Waals surface area contributed by atoms with Crippen molar-refractivity contribution in [3.05, 3.63) is 12.2 Å². The lowest BCUT2D eigenvalue weighted by Gasteiger charge is -2.24. The predicted octanol–water partition coefficient (Wildman–Crippen LogP) is 3.16. The topological polar surface area (TPSA) is 38.3 Å². The lowest BCUT2D eigenvalue weighted by Crippen LogP contribution is -2.40. The van der Waals surface area contributed by atoms with Gasteiger partial charge in [-0.3, -0.25) is 4.79 Å². The Kier molecular flexibility index (Phi) is 7.22. The molecule has 0 aliphatic rings. The summed E-state index contributed by atoms with van der Waals surface area (Å²) >= 11 is 0. The van der Waals surface area contributed by atoms with E-state index < -0.39 is 5.41 Å². The quantitative estimate of drug-likeness (QED) is 0.560. The summed E-state index contributed by atoms with van der Waals surface area (Å²) in [4.78, 5) is 12.0. The summed E-state index contributed by atoms with van der Waals surface area (Å²) in [6, 6.07) is 0. The summed E-state index contributed by atoms with van der Waals surface area (Å²) in [6.07, 6.45) is 4.86. The number of carbonyl (C=O) groups is 1. The first kappa shape index (κ1) is 17.2. The van der Waals surface area contributed by atoms with Crippen LogP contribution in [0.3, 0.4) is 0 Å². The van der Waals surface area contributed by atoms with Crippen molar-refractivity contribution in [3.8, 4) is 0 Å². The zero-order valence-corrected chi connectivity index (χ0v) is 12.8. The molecule has 0 heterocycles. The van der Waals surface area contributed by atoms with Crippen LogP contribution >= 0.6 is 0 Å². The van der Waals surface area contributed by atoms with Gasteiger partial charge in [0.1, 0.15) is 0 Å². The molecule has 106 valence electrons. The van der Waals surface area contributed by atoms with E-state index in [1.807, 2.05) is 26.0 Å². The highest BCUT2D eigenvalue weighted by atomic mass is 16.5. The van der Waals surface area contributed by atoms with Gasteiger partial charge in [0.2, 0.25) is 5.91 Å². The van der Waals surface area contributed by atoms with Crippen molar-refractivity contribution in [2.75, 3.05) is 19.8 Å². The minimum absolute atomic E-state index is 0.0594. The fraction of sp³-hybridized carbons (Fsp3) is 0.800. The minimum Gasteiger partial charge on any atom is -0.377 e. The van der Waals surface area contributed by atoms with Crippen molar-refractivity contribution in [3.63, 3.8) is 0 Å². The predicted molar refractivity (Wildman–Crippen MR) is 76.5 cm³/mol. The van der Waals surface area contributed by atoms with Gasteiger partial charge in [-0.2, -0.15) is 0 Å². The summed E-state index contributed by atoms with van der Waals surface area (Å²) in [6.45, 7) is 14.3. The van der Waals surface area contributed by atoms with Crippen LogP contribution in [0.25, 0.3) is 0 Å². The van der Waals surface area contributed by atoms with Gasteiger partial charge < -0.3 is 10.1 Å². The molecular formula is C15H29NO2. The Balaban J connectivity index is 4.14. The molecule has 1 N–H and O–H groups in total. The molecule has 0 rings (SSSR count). The van der Waals surface area contributed by atoms with E-state index >= 15 is 0 Å². The van der Waals surface area contributed by atoms with Crippen molar-refractivity contribution in [2.24, 2.45) is 10.8 Å². The number of nitrogens with one attached hydrogen (secondary N) is 1. The molecule has 0 bridgehead atoms. The molecule has 0 aromatic rings. The van der Waals surface area contributed by atoms with Crippen molar-refractivity contribution in [1.29, 1.82) is 0 Å². The van der Waals surface area contributed by atoms with E-state index in [9.17, 15) is 4.79 Å². The zero-order valence-electron chi connectivity index (χ0n) is 12.8. The van der Waals surface area contributed by atoms with Gasteiger partial charge >= 0.3 is 0 Å². The molecule has 0 fully saturated rings. The van der Waals surface area contributed by atoms with Crippen LogP contribution in [0.4, 0.5) is 0 Å². The standard InChI is InChI=1S/C15H29NO2/c1-7-10-18-11-8-9-15(5,6)13(17)16-12-14(2,3)4/h8-9H,7,10-12H2,1-6H3,(H,16,17)/b9-8+. The maximum absolute atomic E-state index is 12.0. The van der Waals surface area contributed by atoms with Gasteiger partial charge in [0, 0.05) is 13.2 Å². The van der Waals surface area contributed by atoms with E-state index in [4.69, 9.17) is 4.74 Å². The van der Waals surface area contributed by atoms with Gasteiger partial charge in [-0.15, -0.1) is 0 Å². The molecule has 0 aliphatic carbocycles. The highest BCUT2D eigenvalue weighted by Crippen LogP contribution is 2.18. The number of ether oxygens (including phenoxy) is 1. The Bertz CT molecular complexity index is 275. The van der Waals surface area contributed by atoms with E-state index in [0.29, 0.717) is 13.2 Å². The first-order valence-corrected chi connectivity index (χ1v) is 6.73. The molecule has 18 heavy (non-hydrogen) atoms. The molecule has 0 aromatic heterocycles. The number of hydrogen-bond acceptors (Lipinski definition) is 2. The average Bonchev–Trinajstić information content (AvgIpc) is 2.24. The molecule has 0 aliphatic heterocycles. The van der Waals surface area contributed by atoms with Crippen LogP contribution in [-0.2, 0) is 9.53 Å². The van der Waals surface area contributed by atoms with Crippen molar-refractivity contribution < 1.29 is 9.53 Å². The Morgan fingerprint density at radius 1 is 1.22 bits per heavy atom. The van der Waals surface area contributed by atoms with E-state index in [0.717, 1.165) is 13.0 Å². The monoisotopic (exact) mass is 255 g/mol. The number of amides is 1. The van der Waals surface area contributed by atoms with Crippen LogP contribution in [0, 0.1) is 10.8 Å². The van der Waals surface area contributed by atoms with Gasteiger partial charge in [-0.05, 0) is 25.7 Å². The molecule has 1 amide bonds. The second-order valence-electron chi connectivity index (χ2n) is 6.44. The molecule has 0 saturated carbocycles. The third-order valence-electron chi connectivity index (χ3n) is 2.46. The van der Waals surface area contributed by atoms with Crippen LogP contribution in [0.15, 0.2) is 12.2 Å². The fourth-order valence-corrected chi connectivity index (χ4v) is 1.29. The van der Waals surface area contributed by atoms with Gasteiger partial charge in [0.25, 0.3) is 0 Å². The lowest BCUT2D eigenvalue weighted by atomic mass is 9.90. The van der Waals surface area contributed by atoms with Crippen molar-refractivity contribution >= 4 is 5.91 Å². The summed E-state index contributed by atoms with van der Waals surface area (Å²) < 4.78 is 5.35. The lowest BCUT2D eigenvalue weighted by molar-refractivity contribution is -0.127. The normalized spacial score (nSPS) is 13.0. The SMILES string of the molecule is CCCOC/C=C/C(C)(C)C(=O)NCC(C)(C)C. The first-order chi connectivity index (χ1) is 8.19. The van der Waals surface area contributed by atoms with Gasteiger partial charge in [0.05, 0.1) is 12.0 Å². The highest BCUT2D eigenvalue weighted by molar-refractivity contribution is 5.83. The van der Waals surface area contributed by atoms with E-state index in [1.165, 1.54) is 0 Å². The molecule has 0 unspecified atom stereocenters. The summed E-state index contributed by atoms with van der Waals surface area (Å²) in [5.41, 5.74) is -0.374. The number of carbonyl (C=O) groups excluding carboxylic acids is 1. The average molecular weight is 255 g/mol. The molecule has 3 nitrogen and oxygen atoms in total. The third-order valence-corrected chi connectivity index (χ3v) is 2.46. The molecule has 0 atom stereocenters. The van der Waals surface area contributed by atoms with Crippen molar-refractivity contribution in [1.82, 2.24) is 5.32 Å². The van der Waals surface area contributed by atoms with Crippen LogP contribution < -0.4 is 5.32 Å². The van der Waals surface area contributed by atoms with E-state index in [-0.39, 0.29) is 11.3 Å². The highest BCUT2D eigenvalue weighted by Gasteiger charge is 2.25. The second kappa shape index (κ2) is 7.57. The van der Waals surface area contributed by atoms with E-state index in [2.05, 4.69) is 33.0 Å². The maximum atomic E-state index is 12.0. The van der Waals surface area contributed by atoms with Crippen LogP contribution in [0.1, 0.15) is 48.0 Å². The van der Waals surface area contributed by atoms with Gasteiger partial charge in [0.15, 0.2) is 0 Å². The summed E-state index contributed by atoms with van der Waals surface area (Å²) in [7, 11) is 0. The van der Waals surface area contributed by atoms with Gasteiger partial charge in [-0.25, -0.2) is 0 Å². The van der Waals surface area contributed by atoms with Crippen LogP contribution in [0.5, 0.6) is 0 Å². The molecule has 0 spiro atoms. The smallest absolute Gasteiger partial charge is 0.229 e. The number of hydrogen-bond donors (Lipinski definition) is 1. The van der Waals surface area contributed by atoms with Crippen molar-refractivity contribution in [2.45, 2.75) is 48.0 Å². The Hall–Kier alpha value is -0.830. The molecule has 0 radical (unpaired) electrons. The Morgan fingerprint density at radius 3 is 2.33 bits per heavy atom. The molecule has 0 saturated heterocycles. The fourth-order valence-electron chi connectivity index (χ4n) is 1.29. The maximum Gasteiger partial charge on any atom is 0.229 e. The molecule has 0 aromatic carbocycles. The molecular weight excluding hydrogens is 226 g/mol. The summed E-state index contributed by atoms with van der Waals surface area (Å²) in [5.74, 6) is 0.0594. The van der Waals surface area contributed by atoms with Crippen LogP contribution in [0.2, 0.25) is 0 Å². The Labute approximate surface area is 112 Å². The second-order valence-corrected chi connectivity index (χ2v) is 6.44. The third kappa shape index (κ3) is 8.29. The zero-order chi connectivity index (χ0) is 14.2. The number of rotatable bonds is 7. The summed E-state index contributed by atoms with van der Waals surface area (Å²) in [5, 5.41) is 2.98. The first-order valence-electron chi connectivity index (χ1n) is 6.73. The van der Waals surface area contributed by atoms with Gasteiger partial charge in [-0.1, -0.05) is 39.8 Å². The Morgan fingerprint density at radius 2 is 1.83 bits per heavy atom.